The van der Waals surface area contributed by atoms with Gasteiger partial charge in [0.15, 0.2) is 0 Å². The third kappa shape index (κ3) is 4.57. The van der Waals surface area contributed by atoms with Crippen LogP contribution in [0.5, 0.6) is 0 Å². The third-order valence-electron chi connectivity index (χ3n) is 5.95. The summed E-state index contributed by atoms with van der Waals surface area (Å²) in [6, 6.07) is 22.1. The molecule has 4 rings (SSSR count). The van der Waals surface area contributed by atoms with Crippen LogP contribution in [-0.4, -0.2) is 22.2 Å². The number of nitrogens with one attached hydrogen (secondary N) is 1. The van der Waals surface area contributed by atoms with Gasteiger partial charge in [-0.05, 0) is 61.2 Å². The Morgan fingerprint density at radius 2 is 1.72 bits per heavy atom. The number of hydrogen-bond donors (Lipinski definition) is 2. The number of halogens is 1. The number of nitrogens with zero attached hydrogens (tertiary/aromatic N) is 1. The lowest BCUT2D eigenvalue weighted by atomic mass is 10.1. The number of hydrogen-bond acceptors (Lipinski definition) is 2. The van der Waals surface area contributed by atoms with E-state index in [0.29, 0.717) is 25.3 Å². The Hall–Kier alpha value is -3.08. The van der Waals surface area contributed by atoms with Crippen LogP contribution in [0.3, 0.4) is 0 Å². The number of aryl methyl sites for hydroxylation is 2. The molecular formula is C27H27ClN2O2. The summed E-state index contributed by atoms with van der Waals surface area (Å²) in [4.78, 5) is 12.4. The number of fused-ring (bicyclic) bond motifs is 1. The lowest BCUT2D eigenvalue weighted by Crippen LogP contribution is -2.19. The first kappa shape index (κ1) is 22.1. The summed E-state index contributed by atoms with van der Waals surface area (Å²) in [6.07, 6.45) is 0.781. The molecule has 2 N–H and O–H groups in total. The van der Waals surface area contributed by atoms with Crippen molar-refractivity contribution in [1.82, 2.24) is 9.88 Å². The number of aromatic carboxylic acids is 1. The summed E-state index contributed by atoms with van der Waals surface area (Å²) in [5.41, 5.74) is 6.58. The maximum atomic E-state index is 12.4. The molecule has 0 aliphatic rings. The molecule has 5 heteroatoms. The van der Waals surface area contributed by atoms with Crippen molar-refractivity contribution in [2.45, 2.75) is 33.4 Å². The molecule has 0 bridgehead atoms. The van der Waals surface area contributed by atoms with Gasteiger partial charge >= 0.3 is 5.97 Å². The summed E-state index contributed by atoms with van der Waals surface area (Å²) >= 11 is 6.26. The molecule has 4 nitrogen and oxygen atoms in total. The average Bonchev–Trinajstić information content (AvgIpc) is 3.06. The van der Waals surface area contributed by atoms with E-state index < -0.39 is 5.97 Å². The lowest BCUT2D eigenvalue weighted by molar-refractivity contribution is 0.0684. The first-order valence-electron chi connectivity index (χ1n) is 10.8. The van der Waals surface area contributed by atoms with Crippen LogP contribution in [0.4, 0.5) is 0 Å². The van der Waals surface area contributed by atoms with E-state index in [1.807, 2.05) is 60.0 Å². The van der Waals surface area contributed by atoms with Crippen molar-refractivity contribution in [2.24, 2.45) is 0 Å². The fourth-order valence-corrected chi connectivity index (χ4v) is 4.44. The van der Waals surface area contributed by atoms with E-state index in [4.69, 9.17) is 11.6 Å². The molecular weight excluding hydrogens is 420 g/mol. The Morgan fingerprint density at radius 3 is 2.44 bits per heavy atom. The van der Waals surface area contributed by atoms with E-state index in [1.165, 1.54) is 0 Å². The van der Waals surface area contributed by atoms with Gasteiger partial charge in [0.2, 0.25) is 0 Å². The van der Waals surface area contributed by atoms with E-state index in [1.54, 1.807) is 0 Å². The molecule has 164 valence electrons. The summed E-state index contributed by atoms with van der Waals surface area (Å²) < 4.78 is 1.94. The number of benzene rings is 3. The Morgan fingerprint density at radius 1 is 1.00 bits per heavy atom. The van der Waals surface area contributed by atoms with Crippen molar-refractivity contribution in [1.29, 1.82) is 0 Å². The minimum Gasteiger partial charge on any atom is -0.477 e. The maximum Gasteiger partial charge on any atom is 0.352 e. The van der Waals surface area contributed by atoms with E-state index in [0.717, 1.165) is 50.2 Å². The largest absolute Gasteiger partial charge is 0.477 e. The van der Waals surface area contributed by atoms with Crippen molar-refractivity contribution in [2.75, 3.05) is 6.54 Å². The fourth-order valence-electron chi connectivity index (χ4n) is 4.21. The minimum atomic E-state index is -0.907. The van der Waals surface area contributed by atoms with Crippen molar-refractivity contribution < 1.29 is 9.90 Å². The van der Waals surface area contributed by atoms with Crippen LogP contribution in [0.25, 0.3) is 10.9 Å². The van der Waals surface area contributed by atoms with E-state index in [9.17, 15) is 9.90 Å². The van der Waals surface area contributed by atoms with Crippen molar-refractivity contribution in [3.05, 3.63) is 105 Å². The van der Waals surface area contributed by atoms with Gasteiger partial charge in [-0.25, -0.2) is 4.79 Å². The van der Waals surface area contributed by atoms with Crippen LogP contribution in [0.2, 0.25) is 5.02 Å². The molecule has 1 heterocycles. The van der Waals surface area contributed by atoms with Crippen LogP contribution in [-0.2, 0) is 19.5 Å². The average molecular weight is 447 g/mol. The predicted molar refractivity (Wildman–Crippen MR) is 131 cm³/mol. The van der Waals surface area contributed by atoms with Gasteiger partial charge in [-0.3, -0.25) is 0 Å². The molecule has 0 radical (unpaired) electrons. The Bertz CT molecular complexity index is 1280. The zero-order valence-electron chi connectivity index (χ0n) is 18.4. The van der Waals surface area contributed by atoms with Crippen molar-refractivity contribution in [3.63, 3.8) is 0 Å². The second kappa shape index (κ2) is 9.60. The first-order valence-corrected chi connectivity index (χ1v) is 11.2. The quantitative estimate of drug-likeness (QED) is 0.327. The van der Waals surface area contributed by atoms with Gasteiger partial charge in [-0.15, -0.1) is 0 Å². The zero-order valence-corrected chi connectivity index (χ0v) is 19.1. The number of carbonyl (C=O) groups is 1. The van der Waals surface area contributed by atoms with Gasteiger partial charge in [0.1, 0.15) is 5.69 Å². The molecule has 0 atom stereocenters. The highest BCUT2D eigenvalue weighted by Gasteiger charge is 2.22. The minimum absolute atomic E-state index is 0.346. The van der Waals surface area contributed by atoms with Gasteiger partial charge < -0.3 is 15.0 Å². The highest BCUT2D eigenvalue weighted by molar-refractivity contribution is 6.31. The highest BCUT2D eigenvalue weighted by Crippen LogP contribution is 2.29. The van der Waals surface area contributed by atoms with Crippen LogP contribution >= 0.6 is 11.6 Å². The molecule has 0 saturated carbocycles. The third-order valence-corrected chi connectivity index (χ3v) is 6.32. The van der Waals surface area contributed by atoms with Gasteiger partial charge in [0.05, 0.1) is 0 Å². The second-order valence-corrected chi connectivity index (χ2v) is 8.59. The monoisotopic (exact) mass is 446 g/mol. The van der Waals surface area contributed by atoms with Crippen LogP contribution < -0.4 is 5.32 Å². The summed E-state index contributed by atoms with van der Waals surface area (Å²) in [5.74, 6) is -0.907. The molecule has 3 aromatic carbocycles. The Balaban J connectivity index is 1.67. The van der Waals surface area contributed by atoms with E-state index >= 15 is 0 Å². The van der Waals surface area contributed by atoms with Crippen LogP contribution in [0.15, 0.2) is 66.7 Å². The molecule has 0 spiro atoms. The number of rotatable bonds is 8. The van der Waals surface area contributed by atoms with Gasteiger partial charge in [0, 0.05) is 34.6 Å². The van der Waals surface area contributed by atoms with Crippen LogP contribution in [0, 0.1) is 13.8 Å². The molecule has 4 aromatic rings. The molecule has 1 aromatic heterocycles. The first-order chi connectivity index (χ1) is 15.5. The maximum absolute atomic E-state index is 12.4. The number of carboxylic acid groups (broad SMARTS) is 1. The predicted octanol–water partition coefficient (Wildman–Crippen LogP) is 5.99. The van der Waals surface area contributed by atoms with E-state index in [-0.39, 0.29) is 0 Å². The molecule has 32 heavy (non-hydrogen) atoms. The molecule has 0 saturated heterocycles. The molecule has 0 unspecified atom stereocenters. The highest BCUT2D eigenvalue weighted by atomic mass is 35.5. The van der Waals surface area contributed by atoms with Crippen molar-refractivity contribution in [3.8, 4) is 0 Å². The molecule has 0 aliphatic heterocycles. The zero-order chi connectivity index (χ0) is 22.7. The van der Waals surface area contributed by atoms with E-state index in [2.05, 4.69) is 30.4 Å². The van der Waals surface area contributed by atoms with Gasteiger partial charge in [-0.2, -0.15) is 0 Å². The lowest BCUT2D eigenvalue weighted by Gasteiger charge is -2.12. The summed E-state index contributed by atoms with van der Waals surface area (Å²) in [6.45, 7) is 5.80. The number of aromatic nitrogens is 1. The van der Waals surface area contributed by atoms with Crippen molar-refractivity contribution >= 4 is 28.5 Å². The molecule has 0 amide bonds. The van der Waals surface area contributed by atoms with Crippen LogP contribution in [0.1, 0.15) is 38.3 Å². The normalized spacial score (nSPS) is 11.2. The smallest absolute Gasteiger partial charge is 0.352 e. The summed E-state index contributed by atoms with van der Waals surface area (Å²) in [5, 5.41) is 15.3. The van der Waals surface area contributed by atoms with Gasteiger partial charge in [-0.1, -0.05) is 66.2 Å². The van der Waals surface area contributed by atoms with Gasteiger partial charge in [0.25, 0.3) is 0 Å². The molecule has 0 fully saturated rings. The SMILES string of the molecule is Cc1ccc2c(CNCCc3ccccc3Cl)c(C(=O)O)n(Cc3ccccc3C)c2c1. The fraction of sp³-hybridized carbons (Fsp3) is 0.222. The Kier molecular flexibility index (Phi) is 6.63. The number of carboxylic acids is 1. The second-order valence-electron chi connectivity index (χ2n) is 8.18. The topological polar surface area (TPSA) is 54.3 Å². The molecule has 0 aliphatic carbocycles. The summed E-state index contributed by atoms with van der Waals surface area (Å²) in [7, 11) is 0. The standard InChI is InChI=1S/C27H27ClN2O2/c1-18-11-12-22-23(16-29-14-13-20-8-5-6-10-24(20)28)26(27(31)32)30(25(22)15-18)17-21-9-4-3-7-19(21)2/h3-12,15,29H,13-14,16-17H2,1-2H3,(H,31,32). The Labute approximate surface area is 193 Å².